The van der Waals surface area contributed by atoms with Crippen molar-refractivity contribution in [1.29, 1.82) is 0 Å². The first-order chi connectivity index (χ1) is 21.1. The highest BCUT2D eigenvalue weighted by atomic mass is 32.1. The first-order valence-corrected chi connectivity index (χ1v) is 15.8. The van der Waals surface area contributed by atoms with Crippen LogP contribution in [0.5, 0.6) is 0 Å². The van der Waals surface area contributed by atoms with Crippen LogP contribution in [0, 0.1) is 0 Å². The summed E-state index contributed by atoms with van der Waals surface area (Å²) in [6.45, 7) is 2.72. The minimum atomic E-state index is -0.646. The topological polar surface area (TPSA) is 65.6 Å². The van der Waals surface area contributed by atoms with E-state index in [-0.39, 0.29) is 12.2 Å². The van der Waals surface area contributed by atoms with Gasteiger partial charge < -0.3 is 9.30 Å². The Hall–Kier alpha value is -4.79. The number of esters is 1. The third-order valence-electron chi connectivity index (χ3n) is 7.49. The molecule has 1 aliphatic rings. The van der Waals surface area contributed by atoms with Crippen LogP contribution in [-0.4, -0.2) is 21.7 Å². The highest BCUT2D eigenvalue weighted by Crippen LogP contribution is 2.37. The van der Waals surface area contributed by atoms with E-state index in [9.17, 15) is 9.59 Å². The zero-order valence-corrected chi connectivity index (χ0v) is 25.0. The highest BCUT2D eigenvalue weighted by molar-refractivity contribution is 7.10. The molecule has 0 fully saturated rings. The van der Waals surface area contributed by atoms with Gasteiger partial charge in [0, 0.05) is 39.6 Å². The fraction of sp³-hybridized carbons (Fsp3) is 0.114. The molecule has 4 heterocycles. The van der Waals surface area contributed by atoms with Crippen molar-refractivity contribution >= 4 is 51.3 Å². The number of thiazole rings is 1. The summed E-state index contributed by atoms with van der Waals surface area (Å²) in [6, 6.07) is 31.4. The maximum absolute atomic E-state index is 14.2. The van der Waals surface area contributed by atoms with E-state index in [0.29, 0.717) is 20.6 Å². The van der Waals surface area contributed by atoms with Crippen molar-refractivity contribution in [1.82, 2.24) is 9.13 Å². The van der Waals surface area contributed by atoms with Crippen LogP contribution >= 0.6 is 22.7 Å². The van der Waals surface area contributed by atoms with Crippen molar-refractivity contribution < 1.29 is 9.53 Å². The van der Waals surface area contributed by atoms with Gasteiger partial charge in [0.05, 0.1) is 22.4 Å². The monoisotopic (exact) mass is 601 g/mol. The molecule has 8 heteroatoms. The second-order valence-electron chi connectivity index (χ2n) is 10.2. The van der Waals surface area contributed by atoms with Gasteiger partial charge >= 0.3 is 5.97 Å². The Morgan fingerprint density at radius 2 is 1.70 bits per heavy atom. The lowest BCUT2D eigenvalue weighted by molar-refractivity contribution is -0.138. The van der Waals surface area contributed by atoms with Gasteiger partial charge in [-0.2, -0.15) is 0 Å². The van der Waals surface area contributed by atoms with Crippen LogP contribution in [0.4, 0.5) is 0 Å². The highest BCUT2D eigenvalue weighted by Gasteiger charge is 2.35. The summed E-state index contributed by atoms with van der Waals surface area (Å²) in [6.07, 6.45) is 4.06. The van der Waals surface area contributed by atoms with E-state index in [0.717, 1.165) is 33.5 Å². The van der Waals surface area contributed by atoms with E-state index in [1.165, 1.54) is 28.2 Å². The van der Waals surface area contributed by atoms with Gasteiger partial charge in [0.15, 0.2) is 4.80 Å². The quantitative estimate of drug-likeness (QED) is 0.211. The Kier molecular flexibility index (Phi) is 7.22. The summed E-state index contributed by atoms with van der Waals surface area (Å²) in [5.41, 5.74) is 4.77. The number of ether oxygens (including phenoxy) is 1. The summed E-state index contributed by atoms with van der Waals surface area (Å²) in [7, 11) is 0. The van der Waals surface area contributed by atoms with Gasteiger partial charge in [0.25, 0.3) is 5.56 Å². The van der Waals surface area contributed by atoms with Crippen LogP contribution in [0.3, 0.4) is 0 Å². The number of benzene rings is 3. The van der Waals surface area contributed by atoms with E-state index >= 15 is 0 Å². The molecule has 1 aliphatic heterocycles. The van der Waals surface area contributed by atoms with Gasteiger partial charge in [0.1, 0.15) is 6.04 Å². The second-order valence-corrected chi connectivity index (χ2v) is 12.2. The number of hydrogen-bond acceptors (Lipinski definition) is 6. The molecule has 7 rings (SSSR count). The number of carbonyl (C=O) groups excluding carboxylic acids is 1. The molecule has 0 spiro atoms. The van der Waals surface area contributed by atoms with Crippen LogP contribution in [0.1, 0.15) is 34.5 Å². The van der Waals surface area contributed by atoms with Crippen molar-refractivity contribution in [2.75, 3.05) is 6.61 Å². The number of aromatic nitrogens is 2. The maximum Gasteiger partial charge on any atom is 0.338 e. The lowest BCUT2D eigenvalue weighted by Gasteiger charge is -2.24. The standard InChI is InChI=1S/C35H27N3O3S2/c1-2-41-34(40)30-31(24-14-7-4-8-15-24)36-35-38(32(30)28-18-11-19-42-28)33(39)29(43-35)20-25-22-37(21-23-12-5-3-6-13-23)27-17-10-9-16-26(25)27/h3-20,22,32H,2,21H2,1H3/b29-20-. The molecule has 3 aromatic heterocycles. The maximum atomic E-state index is 14.2. The summed E-state index contributed by atoms with van der Waals surface area (Å²) in [4.78, 5) is 34.2. The SMILES string of the molecule is CCOC(=O)C1=C(c2ccccc2)N=c2s/c(=C\c3cn(Cc4ccccc4)c4ccccc34)c(=O)n2C1c1cccs1. The number of hydrogen-bond donors (Lipinski definition) is 0. The minimum absolute atomic E-state index is 0.184. The molecule has 43 heavy (non-hydrogen) atoms. The van der Waals surface area contributed by atoms with Crippen LogP contribution < -0.4 is 14.9 Å². The Morgan fingerprint density at radius 1 is 0.953 bits per heavy atom. The number of carbonyl (C=O) groups is 1. The predicted molar refractivity (Wildman–Crippen MR) is 173 cm³/mol. The summed E-state index contributed by atoms with van der Waals surface area (Å²) >= 11 is 2.85. The first kappa shape index (κ1) is 27.1. The molecule has 6 nitrogen and oxygen atoms in total. The molecule has 1 atom stereocenters. The van der Waals surface area contributed by atoms with Gasteiger partial charge in [0.2, 0.25) is 0 Å². The Bertz CT molecular complexity index is 2160. The number of rotatable bonds is 7. The third-order valence-corrected chi connectivity index (χ3v) is 9.40. The molecule has 6 aromatic rings. The summed E-state index contributed by atoms with van der Waals surface area (Å²) in [5.74, 6) is -0.471. The molecular weight excluding hydrogens is 575 g/mol. The van der Waals surface area contributed by atoms with Gasteiger partial charge in [-0.05, 0) is 36.1 Å². The summed E-state index contributed by atoms with van der Waals surface area (Å²) in [5, 5.41) is 3.02. The molecule has 0 amide bonds. The summed E-state index contributed by atoms with van der Waals surface area (Å²) < 4.78 is 9.97. The normalized spacial score (nSPS) is 15.0. The van der Waals surface area contributed by atoms with Gasteiger partial charge in [-0.15, -0.1) is 11.3 Å². The average Bonchev–Trinajstić information content (AvgIpc) is 3.77. The lowest BCUT2D eigenvalue weighted by Crippen LogP contribution is -2.39. The van der Waals surface area contributed by atoms with Crippen LogP contribution in [0.2, 0.25) is 0 Å². The average molecular weight is 602 g/mol. The molecule has 0 aliphatic carbocycles. The van der Waals surface area contributed by atoms with Gasteiger partial charge in [-0.1, -0.05) is 96.3 Å². The van der Waals surface area contributed by atoms with Crippen molar-refractivity contribution in [2.45, 2.75) is 19.5 Å². The smallest absolute Gasteiger partial charge is 0.338 e. The molecular formula is C35H27N3O3S2. The Balaban J connectivity index is 1.44. The molecule has 212 valence electrons. The van der Waals surface area contributed by atoms with Crippen LogP contribution in [0.15, 0.2) is 124 Å². The Morgan fingerprint density at radius 3 is 2.44 bits per heavy atom. The van der Waals surface area contributed by atoms with E-state index in [2.05, 4.69) is 35.0 Å². The predicted octanol–water partition coefficient (Wildman–Crippen LogP) is 6.00. The van der Waals surface area contributed by atoms with E-state index < -0.39 is 12.0 Å². The molecule has 1 unspecified atom stereocenters. The molecule has 0 saturated heterocycles. The third kappa shape index (κ3) is 4.98. The minimum Gasteiger partial charge on any atom is -0.463 e. The van der Waals surface area contributed by atoms with Crippen LogP contribution in [-0.2, 0) is 16.1 Å². The molecule has 0 N–H and O–H groups in total. The molecule has 0 bridgehead atoms. The Labute approximate surface area is 255 Å². The fourth-order valence-corrected chi connectivity index (χ4v) is 7.41. The largest absolute Gasteiger partial charge is 0.463 e. The molecule has 0 saturated carbocycles. The number of para-hydroxylation sites is 1. The number of nitrogens with zero attached hydrogens (tertiary/aromatic N) is 3. The zero-order valence-electron chi connectivity index (χ0n) is 23.3. The van der Waals surface area contributed by atoms with E-state index in [1.807, 2.05) is 84.3 Å². The van der Waals surface area contributed by atoms with Crippen molar-refractivity contribution in [3.63, 3.8) is 0 Å². The van der Waals surface area contributed by atoms with Gasteiger partial charge in [-0.25, -0.2) is 9.79 Å². The number of fused-ring (bicyclic) bond motifs is 2. The van der Waals surface area contributed by atoms with Crippen molar-refractivity contribution in [3.05, 3.63) is 155 Å². The second kappa shape index (κ2) is 11.5. The van der Waals surface area contributed by atoms with Crippen LogP contribution in [0.25, 0.3) is 22.7 Å². The lowest BCUT2D eigenvalue weighted by atomic mass is 9.97. The van der Waals surface area contributed by atoms with Crippen molar-refractivity contribution in [3.8, 4) is 0 Å². The molecule has 0 radical (unpaired) electrons. The zero-order chi connectivity index (χ0) is 29.3. The van der Waals surface area contributed by atoms with Crippen molar-refractivity contribution in [2.24, 2.45) is 4.99 Å². The molecule has 3 aromatic carbocycles. The van der Waals surface area contributed by atoms with E-state index in [4.69, 9.17) is 9.73 Å². The number of thiophene rings is 1. The fourth-order valence-electron chi connectivity index (χ4n) is 5.60. The first-order valence-electron chi connectivity index (χ1n) is 14.1. The van der Waals surface area contributed by atoms with E-state index in [1.54, 1.807) is 11.5 Å². The van der Waals surface area contributed by atoms with Gasteiger partial charge in [-0.3, -0.25) is 9.36 Å².